The number of ether oxygens (including phenoxy) is 2. The fraction of sp³-hybridized carbons (Fsp3) is 0.533. The lowest BCUT2D eigenvalue weighted by molar-refractivity contribution is -0.180. The largest absolute Gasteiger partial charge is 0.378 e. The van der Waals surface area contributed by atoms with Crippen LogP contribution in [-0.4, -0.2) is 46.1 Å². The molecule has 5 nitrogen and oxygen atoms in total. The zero-order valence-electron chi connectivity index (χ0n) is 12.1. The third-order valence-electron chi connectivity index (χ3n) is 3.21. The first kappa shape index (κ1) is 14.8. The van der Waals surface area contributed by atoms with Crippen molar-refractivity contribution in [3.63, 3.8) is 0 Å². The van der Waals surface area contributed by atoms with E-state index in [1.807, 2.05) is 43.3 Å². The second-order valence-corrected chi connectivity index (χ2v) is 5.01. The lowest BCUT2D eigenvalue weighted by atomic mass is 10.2. The van der Waals surface area contributed by atoms with Crippen molar-refractivity contribution in [2.45, 2.75) is 19.1 Å². The summed E-state index contributed by atoms with van der Waals surface area (Å²) in [6, 6.07) is 7.53. The van der Waals surface area contributed by atoms with E-state index >= 15 is 0 Å². The molecule has 1 aliphatic rings. The van der Waals surface area contributed by atoms with Crippen LogP contribution < -0.4 is 10.2 Å². The Kier molecular flexibility index (Phi) is 5.38. The molecule has 5 heteroatoms. The van der Waals surface area contributed by atoms with Crippen molar-refractivity contribution in [1.29, 1.82) is 0 Å². The molecule has 1 aliphatic heterocycles. The highest BCUT2D eigenvalue weighted by atomic mass is 16.7. The smallest absolute Gasteiger partial charge is 0.251 e. The van der Waals surface area contributed by atoms with Crippen LogP contribution in [0.2, 0.25) is 0 Å². The predicted octanol–water partition coefficient (Wildman–Crippen LogP) is 1.64. The van der Waals surface area contributed by atoms with Crippen LogP contribution in [0, 0.1) is 0 Å². The van der Waals surface area contributed by atoms with Crippen molar-refractivity contribution in [1.82, 2.24) is 5.32 Å². The van der Waals surface area contributed by atoms with E-state index in [1.54, 1.807) is 0 Å². The topological polar surface area (TPSA) is 50.8 Å². The van der Waals surface area contributed by atoms with Crippen LogP contribution in [0.15, 0.2) is 24.3 Å². The highest BCUT2D eigenvalue weighted by Crippen LogP contribution is 2.12. The van der Waals surface area contributed by atoms with Gasteiger partial charge in [-0.25, -0.2) is 0 Å². The molecule has 20 heavy (non-hydrogen) atoms. The second kappa shape index (κ2) is 7.26. The summed E-state index contributed by atoms with van der Waals surface area (Å²) in [5.74, 6) is -0.0638. The van der Waals surface area contributed by atoms with E-state index in [0.29, 0.717) is 18.5 Å². The first-order valence-electron chi connectivity index (χ1n) is 6.95. The van der Waals surface area contributed by atoms with Gasteiger partial charge in [0, 0.05) is 38.3 Å². The maximum atomic E-state index is 12.0. The van der Waals surface area contributed by atoms with Crippen molar-refractivity contribution >= 4 is 11.6 Å². The van der Waals surface area contributed by atoms with Crippen molar-refractivity contribution in [3.05, 3.63) is 29.8 Å². The summed E-state index contributed by atoms with van der Waals surface area (Å²) in [7, 11) is 3.94. The average Bonchev–Trinajstić information content (AvgIpc) is 2.48. The molecule has 0 bridgehead atoms. The molecule has 0 atom stereocenters. The molecule has 1 heterocycles. The minimum atomic E-state index is -0.180. The SMILES string of the molecule is CN(C)c1ccc(C(=O)NCCC2OCCCO2)cc1. The predicted molar refractivity (Wildman–Crippen MR) is 78.0 cm³/mol. The summed E-state index contributed by atoms with van der Waals surface area (Å²) < 4.78 is 10.9. The number of anilines is 1. The maximum absolute atomic E-state index is 12.0. The van der Waals surface area contributed by atoms with E-state index < -0.39 is 0 Å². The Morgan fingerprint density at radius 3 is 2.50 bits per heavy atom. The molecule has 0 aromatic heterocycles. The van der Waals surface area contributed by atoms with Gasteiger partial charge in [-0.15, -0.1) is 0 Å². The van der Waals surface area contributed by atoms with Crippen molar-refractivity contribution in [2.24, 2.45) is 0 Å². The molecular formula is C15H22N2O3. The zero-order chi connectivity index (χ0) is 14.4. The van der Waals surface area contributed by atoms with Gasteiger partial charge in [-0.1, -0.05) is 0 Å². The van der Waals surface area contributed by atoms with Gasteiger partial charge >= 0.3 is 0 Å². The van der Waals surface area contributed by atoms with Gasteiger partial charge in [0.2, 0.25) is 0 Å². The van der Waals surface area contributed by atoms with Crippen molar-refractivity contribution in [3.8, 4) is 0 Å². The van der Waals surface area contributed by atoms with Crippen molar-refractivity contribution in [2.75, 3.05) is 38.8 Å². The molecule has 1 N–H and O–H groups in total. The Hall–Kier alpha value is -1.59. The third-order valence-corrected chi connectivity index (χ3v) is 3.21. The summed E-state index contributed by atoms with van der Waals surface area (Å²) in [5, 5.41) is 2.88. The second-order valence-electron chi connectivity index (χ2n) is 5.01. The molecule has 1 aromatic rings. The van der Waals surface area contributed by atoms with Gasteiger partial charge in [-0.2, -0.15) is 0 Å². The normalized spacial score (nSPS) is 15.9. The molecule has 0 unspecified atom stereocenters. The molecule has 0 aliphatic carbocycles. The fourth-order valence-electron chi connectivity index (χ4n) is 2.02. The Morgan fingerprint density at radius 1 is 1.25 bits per heavy atom. The first-order chi connectivity index (χ1) is 9.66. The van der Waals surface area contributed by atoms with Crippen molar-refractivity contribution < 1.29 is 14.3 Å². The maximum Gasteiger partial charge on any atom is 0.251 e. The monoisotopic (exact) mass is 278 g/mol. The Bertz CT molecular complexity index is 425. The van der Waals surface area contributed by atoms with Gasteiger partial charge in [0.25, 0.3) is 5.91 Å². The molecule has 1 fully saturated rings. The van der Waals surface area contributed by atoms with Gasteiger partial charge in [-0.05, 0) is 30.7 Å². The summed E-state index contributed by atoms with van der Waals surface area (Å²) in [6.45, 7) is 2.04. The van der Waals surface area contributed by atoms with E-state index in [9.17, 15) is 4.79 Å². The molecule has 1 amide bonds. The number of rotatable bonds is 5. The molecular weight excluding hydrogens is 256 g/mol. The van der Waals surface area contributed by atoms with Crippen LogP contribution in [0.25, 0.3) is 0 Å². The number of carbonyl (C=O) groups excluding carboxylic acids is 1. The van der Waals surface area contributed by atoms with Crippen LogP contribution in [-0.2, 0) is 9.47 Å². The van der Waals surface area contributed by atoms with Crippen LogP contribution in [0.3, 0.4) is 0 Å². The fourth-order valence-corrected chi connectivity index (χ4v) is 2.02. The molecule has 1 aromatic carbocycles. The van der Waals surface area contributed by atoms with Gasteiger partial charge in [-0.3, -0.25) is 4.79 Å². The Labute approximate surface area is 119 Å². The first-order valence-corrected chi connectivity index (χ1v) is 6.95. The standard InChI is InChI=1S/C15H22N2O3/c1-17(2)13-6-4-12(5-7-13)15(18)16-9-8-14-19-10-3-11-20-14/h4-7,14H,3,8-11H2,1-2H3,(H,16,18). The number of hydrogen-bond acceptors (Lipinski definition) is 4. The molecule has 0 radical (unpaired) electrons. The highest BCUT2D eigenvalue weighted by molar-refractivity contribution is 5.94. The highest BCUT2D eigenvalue weighted by Gasteiger charge is 2.14. The van der Waals surface area contributed by atoms with Gasteiger partial charge in [0.1, 0.15) is 0 Å². The zero-order valence-corrected chi connectivity index (χ0v) is 12.1. The number of nitrogens with one attached hydrogen (secondary N) is 1. The lowest BCUT2D eigenvalue weighted by Crippen LogP contribution is -2.31. The minimum absolute atomic E-state index is 0.0638. The minimum Gasteiger partial charge on any atom is -0.378 e. The molecule has 110 valence electrons. The summed E-state index contributed by atoms with van der Waals surface area (Å²) in [4.78, 5) is 14.0. The molecule has 2 rings (SSSR count). The number of benzene rings is 1. The van der Waals surface area contributed by atoms with Gasteiger partial charge in [0.05, 0.1) is 13.2 Å². The molecule has 0 spiro atoms. The van der Waals surface area contributed by atoms with Gasteiger partial charge in [0.15, 0.2) is 6.29 Å². The quantitative estimate of drug-likeness (QED) is 0.889. The lowest BCUT2D eigenvalue weighted by Gasteiger charge is -2.23. The van der Waals surface area contributed by atoms with Crippen LogP contribution in [0.5, 0.6) is 0 Å². The summed E-state index contributed by atoms with van der Waals surface area (Å²) in [5.41, 5.74) is 1.74. The number of hydrogen-bond donors (Lipinski definition) is 1. The average molecular weight is 278 g/mol. The van der Waals surface area contributed by atoms with E-state index in [2.05, 4.69) is 5.32 Å². The Balaban J connectivity index is 1.76. The number of amides is 1. The summed E-state index contributed by atoms with van der Waals surface area (Å²) in [6.07, 6.45) is 1.45. The van der Waals surface area contributed by atoms with Crippen LogP contribution in [0.4, 0.5) is 5.69 Å². The van der Waals surface area contributed by atoms with E-state index in [4.69, 9.17) is 9.47 Å². The van der Waals surface area contributed by atoms with Gasteiger partial charge < -0.3 is 19.7 Å². The Morgan fingerprint density at radius 2 is 1.90 bits per heavy atom. The number of carbonyl (C=O) groups is 1. The van der Waals surface area contributed by atoms with E-state index in [0.717, 1.165) is 25.3 Å². The van der Waals surface area contributed by atoms with Crippen LogP contribution in [0.1, 0.15) is 23.2 Å². The number of nitrogens with zero attached hydrogens (tertiary/aromatic N) is 1. The van der Waals surface area contributed by atoms with Crippen LogP contribution >= 0.6 is 0 Å². The third kappa shape index (κ3) is 4.21. The van der Waals surface area contributed by atoms with E-state index in [1.165, 1.54) is 0 Å². The summed E-state index contributed by atoms with van der Waals surface area (Å²) >= 11 is 0. The molecule has 1 saturated heterocycles. The van der Waals surface area contributed by atoms with E-state index in [-0.39, 0.29) is 12.2 Å². The molecule has 0 saturated carbocycles.